The van der Waals surface area contributed by atoms with Gasteiger partial charge in [-0.15, -0.1) is 0 Å². The van der Waals surface area contributed by atoms with Gasteiger partial charge in [-0.2, -0.15) is 0 Å². The van der Waals surface area contributed by atoms with Crippen LogP contribution in [-0.2, 0) is 11.3 Å². The van der Waals surface area contributed by atoms with Crippen LogP contribution in [0.25, 0.3) is 4.48 Å². The van der Waals surface area contributed by atoms with Gasteiger partial charge in [-0.25, -0.2) is 0 Å². The highest BCUT2D eigenvalue weighted by Gasteiger charge is 2.39. The van der Waals surface area contributed by atoms with Crippen LogP contribution in [0.5, 0.6) is 0 Å². The number of halogens is 1. The first kappa shape index (κ1) is 16.9. The lowest BCUT2D eigenvalue weighted by atomic mass is 10.1. The van der Waals surface area contributed by atoms with Crippen LogP contribution in [0.15, 0.2) is 77.9 Å². The molecule has 126 valence electrons. The minimum atomic E-state index is -0.666. The van der Waals surface area contributed by atoms with Crippen molar-refractivity contribution in [2.75, 3.05) is 0 Å². The van der Waals surface area contributed by atoms with Gasteiger partial charge in [-0.3, -0.25) is 14.9 Å². The molecular weight excluding hydrogens is 386 g/mol. The van der Waals surface area contributed by atoms with E-state index >= 15 is 0 Å². The van der Waals surface area contributed by atoms with Crippen molar-refractivity contribution in [3.63, 3.8) is 0 Å². The maximum atomic E-state index is 12.5. The topological polar surface area (TPSA) is 84.3 Å². The number of nitrogens with zero attached hydrogens (tertiary/aromatic N) is 1. The van der Waals surface area contributed by atoms with Crippen molar-refractivity contribution in [3.05, 3.63) is 99.1 Å². The molecular formula is C18H14BrN3O3. The SMILES string of the molecule is O=C1C([N+](=O)[O-])=C(NCc2ccccc2)N/C1=C(\Br)c1ccccc1. The van der Waals surface area contributed by atoms with Crippen LogP contribution >= 0.6 is 15.9 Å². The van der Waals surface area contributed by atoms with Crippen molar-refractivity contribution in [3.8, 4) is 0 Å². The molecule has 0 unspecified atom stereocenters. The summed E-state index contributed by atoms with van der Waals surface area (Å²) in [5.41, 5.74) is 1.36. The van der Waals surface area contributed by atoms with E-state index in [0.717, 1.165) is 11.1 Å². The zero-order chi connectivity index (χ0) is 17.8. The number of rotatable bonds is 5. The zero-order valence-electron chi connectivity index (χ0n) is 13.0. The maximum Gasteiger partial charge on any atom is 0.358 e. The smallest absolute Gasteiger partial charge is 0.358 e. The lowest BCUT2D eigenvalue weighted by Gasteiger charge is -2.09. The highest BCUT2D eigenvalue weighted by atomic mass is 79.9. The molecule has 0 atom stereocenters. The van der Waals surface area contributed by atoms with Crippen LogP contribution in [0.1, 0.15) is 11.1 Å². The minimum Gasteiger partial charge on any atom is -0.362 e. The first-order valence-corrected chi connectivity index (χ1v) is 8.30. The van der Waals surface area contributed by atoms with E-state index in [4.69, 9.17) is 0 Å². The van der Waals surface area contributed by atoms with Crippen LogP contribution in [0.4, 0.5) is 0 Å². The predicted octanol–water partition coefficient (Wildman–Crippen LogP) is 3.16. The lowest BCUT2D eigenvalue weighted by molar-refractivity contribution is -0.419. The molecule has 6 nitrogen and oxygen atoms in total. The Bertz CT molecular complexity index is 877. The third-order valence-corrected chi connectivity index (χ3v) is 4.52. The fraction of sp³-hybridized carbons (Fsp3) is 0.0556. The van der Waals surface area contributed by atoms with Gasteiger partial charge in [0, 0.05) is 6.54 Å². The van der Waals surface area contributed by atoms with Crippen LogP contribution in [0.3, 0.4) is 0 Å². The van der Waals surface area contributed by atoms with Gasteiger partial charge >= 0.3 is 5.70 Å². The maximum absolute atomic E-state index is 12.5. The Hall–Kier alpha value is -2.93. The highest BCUT2D eigenvalue weighted by molar-refractivity contribution is 9.15. The molecule has 0 aromatic heterocycles. The Morgan fingerprint density at radius 1 is 1.08 bits per heavy atom. The van der Waals surface area contributed by atoms with E-state index in [2.05, 4.69) is 26.6 Å². The van der Waals surface area contributed by atoms with Gasteiger partial charge in [-0.05, 0) is 27.1 Å². The van der Waals surface area contributed by atoms with E-state index in [0.29, 0.717) is 11.0 Å². The fourth-order valence-corrected chi connectivity index (χ4v) is 2.99. The first-order valence-electron chi connectivity index (χ1n) is 7.51. The summed E-state index contributed by atoms with van der Waals surface area (Å²) in [5.74, 6) is -0.557. The molecule has 1 aliphatic rings. The summed E-state index contributed by atoms with van der Waals surface area (Å²) < 4.78 is 0.481. The Kier molecular flexibility index (Phi) is 4.95. The average molecular weight is 400 g/mol. The second-order valence-corrected chi connectivity index (χ2v) is 6.12. The molecule has 2 aromatic carbocycles. The van der Waals surface area contributed by atoms with Crippen molar-refractivity contribution in [1.29, 1.82) is 0 Å². The molecule has 0 fully saturated rings. The Balaban J connectivity index is 1.89. The summed E-state index contributed by atoms with van der Waals surface area (Å²) in [6, 6.07) is 18.6. The van der Waals surface area contributed by atoms with Gasteiger partial charge in [-0.1, -0.05) is 60.7 Å². The second kappa shape index (κ2) is 7.31. The third kappa shape index (κ3) is 3.61. The number of nitro groups is 1. The van der Waals surface area contributed by atoms with Gasteiger partial charge in [0.1, 0.15) is 5.70 Å². The van der Waals surface area contributed by atoms with E-state index in [1.54, 1.807) is 0 Å². The summed E-state index contributed by atoms with van der Waals surface area (Å²) in [6.07, 6.45) is 0. The van der Waals surface area contributed by atoms with Gasteiger partial charge < -0.3 is 10.6 Å². The number of benzene rings is 2. The molecule has 2 N–H and O–H groups in total. The lowest BCUT2D eigenvalue weighted by Crippen LogP contribution is -2.23. The van der Waals surface area contributed by atoms with E-state index in [-0.39, 0.29) is 11.5 Å². The Morgan fingerprint density at radius 3 is 2.28 bits per heavy atom. The fourth-order valence-electron chi connectivity index (χ4n) is 2.44. The molecule has 0 amide bonds. The Labute approximate surface area is 152 Å². The van der Waals surface area contributed by atoms with Gasteiger partial charge in [0.2, 0.25) is 0 Å². The number of nitrogens with one attached hydrogen (secondary N) is 2. The van der Waals surface area contributed by atoms with Crippen LogP contribution in [0, 0.1) is 10.1 Å². The van der Waals surface area contributed by atoms with Gasteiger partial charge in [0.05, 0.1) is 9.41 Å². The number of carbonyl (C=O) groups is 1. The van der Waals surface area contributed by atoms with E-state index in [1.807, 2.05) is 60.7 Å². The van der Waals surface area contributed by atoms with Crippen molar-refractivity contribution >= 4 is 26.2 Å². The molecule has 3 rings (SSSR count). The summed E-state index contributed by atoms with van der Waals surface area (Å²) in [4.78, 5) is 23.2. The number of Topliss-reactive ketones (excluding diaryl/α,β-unsaturated/α-hetero) is 1. The molecule has 2 aromatic rings. The number of hydrogen-bond donors (Lipinski definition) is 2. The first-order chi connectivity index (χ1) is 12.1. The predicted molar refractivity (Wildman–Crippen MR) is 97.7 cm³/mol. The van der Waals surface area contributed by atoms with E-state index < -0.39 is 16.4 Å². The van der Waals surface area contributed by atoms with Crippen molar-refractivity contribution < 1.29 is 9.72 Å². The highest BCUT2D eigenvalue weighted by Crippen LogP contribution is 2.29. The van der Waals surface area contributed by atoms with Crippen molar-refractivity contribution in [2.24, 2.45) is 0 Å². The minimum absolute atomic E-state index is 0.0988. The van der Waals surface area contributed by atoms with Crippen LogP contribution in [-0.4, -0.2) is 10.7 Å². The molecule has 0 saturated carbocycles. The van der Waals surface area contributed by atoms with Crippen LogP contribution < -0.4 is 10.6 Å². The molecule has 7 heteroatoms. The summed E-state index contributed by atoms with van der Waals surface area (Å²) in [5, 5.41) is 17.1. The summed E-state index contributed by atoms with van der Waals surface area (Å²) in [6.45, 7) is 0.365. The number of hydrogen-bond acceptors (Lipinski definition) is 5. The normalized spacial score (nSPS) is 15.8. The third-order valence-electron chi connectivity index (χ3n) is 3.67. The molecule has 1 aliphatic heterocycles. The summed E-state index contributed by atoms with van der Waals surface area (Å²) >= 11 is 3.37. The van der Waals surface area contributed by atoms with Crippen molar-refractivity contribution in [2.45, 2.75) is 6.54 Å². The average Bonchev–Trinajstić information content (AvgIpc) is 2.97. The number of ketones is 1. The molecule has 0 aliphatic carbocycles. The van der Waals surface area contributed by atoms with E-state index in [9.17, 15) is 14.9 Å². The molecule has 25 heavy (non-hydrogen) atoms. The standard InChI is InChI=1S/C18H14BrN3O3/c19-14(13-9-5-2-6-10-13)15-17(23)16(22(24)25)18(21-15)20-11-12-7-3-1-4-8-12/h1-10,20-21H,11H2/b15-14-. The number of carbonyl (C=O) groups excluding carboxylic acids is 1. The molecule has 0 bridgehead atoms. The zero-order valence-corrected chi connectivity index (χ0v) is 14.6. The van der Waals surface area contributed by atoms with Crippen LogP contribution in [0.2, 0.25) is 0 Å². The second-order valence-electron chi connectivity index (χ2n) is 5.33. The van der Waals surface area contributed by atoms with Crippen molar-refractivity contribution in [1.82, 2.24) is 10.6 Å². The molecule has 1 heterocycles. The molecule has 0 spiro atoms. The quantitative estimate of drug-likeness (QED) is 0.458. The molecule has 0 radical (unpaired) electrons. The summed E-state index contributed by atoms with van der Waals surface area (Å²) in [7, 11) is 0. The van der Waals surface area contributed by atoms with E-state index in [1.165, 1.54) is 0 Å². The largest absolute Gasteiger partial charge is 0.362 e. The molecule has 0 saturated heterocycles. The van der Waals surface area contributed by atoms with Gasteiger partial charge in [0.15, 0.2) is 5.82 Å². The monoisotopic (exact) mass is 399 g/mol. The van der Waals surface area contributed by atoms with Gasteiger partial charge in [0.25, 0.3) is 5.78 Å². The Morgan fingerprint density at radius 2 is 1.68 bits per heavy atom.